The van der Waals surface area contributed by atoms with Crippen LogP contribution in [0.1, 0.15) is 13.8 Å². The van der Waals surface area contributed by atoms with Gasteiger partial charge in [0, 0.05) is 31.2 Å². The summed E-state index contributed by atoms with van der Waals surface area (Å²) in [5.41, 5.74) is 2.92. The second-order valence-corrected chi connectivity index (χ2v) is 3.55. The molecule has 1 fully saturated rings. The number of hydrogen-bond donors (Lipinski definition) is 1. The summed E-state index contributed by atoms with van der Waals surface area (Å²) in [7, 11) is 0. The monoisotopic (exact) mass is 188 g/mol. The van der Waals surface area contributed by atoms with Gasteiger partial charge in [-0.15, -0.1) is 0 Å². The van der Waals surface area contributed by atoms with E-state index >= 15 is 0 Å². The van der Waals surface area contributed by atoms with Gasteiger partial charge >= 0.3 is 0 Å². The van der Waals surface area contributed by atoms with Crippen molar-refractivity contribution in [1.82, 2.24) is 10.2 Å². The lowest BCUT2D eigenvalue weighted by molar-refractivity contribution is 0.166. The Balaban J connectivity index is 2.34. The number of halogens is 1. The second-order valence-electron chi connectivity index (χ2n) is 3.33. The first-order valence-corrected chi connectivity index (χ1v) is 4.92. The Hall–Kier alpha value is -0.0500. The average Bonchev–Trinajstić information content (AvgIpc) is 1.99. The Morgan fingerprint density at radius 1 is 1.67 bits per heavy atom. The van der Waals surface area contributed by atoms with Crippen LogP contribution in [0.2, 0.25) is 0 Å². The molecule has 0 aromatic heterocycles. The quantitative estimate of drug-likeness (QED) is 0.718. The Morgan fingerprint density at radius 3 is 2.67 bits per heavy atom. The third-order valence-corrected chi connectivity index (χ3v) is 2.69. The molecule has 70 valence electrons. The van der Waals surface area contributed by atoms with Crippen LogP contribution in [0, 0.1) is 0 Å². The van der Waals surface area contributed by atoms with E-state index in [1.807, 2.05) is 0 Å². The lowest BCUT2D eigenvalue weighted by Gasteiger charge is -2.37. The largest absolute Gasteiger partial charge is 0.314 e. The van der Waals surface area contributed by atoms with Gasteiger partial charge in [0.05, 0.1) is 0 Å². The number of hydrogen-bond acceptors (Lipinski definition) is 2. The van der Waals surface area contributed by atoms with Crippen LogP contribution < -0.4 is 5.32 Å². The highest BCUT2D eigenvalue weighted by Gasteiger charge is 2.22. The molecule has 0 radical (unpaired) electrons. The zero-order valence-electron chi connectivity index (χ0n) is 7.81. The molecule has 0 spiro atoms. The molecule has 0 bridgehead atoms. The van der Waals surface area contributed by atoms with Crippen LogP contribution in [-0.4, -0.2) is 37.1 Å². The first-order chi connectivity index (χ1) is 5.77. The highest BCUT2D eigenvalue weighted by atomic mass is 35.5. The van der Waals surface area contributed by atoms with Gasteiger partial charge in [0.25, 0.3) is 0 Å². The molecule has 0 aromatic rings. The highest BCUT2D eigenvalue weighted by Crippen LogP contribution is 2.08. The summed E-state index contributed by atoms with van der Waals surface area (Å²) in [5, 5.41) is 3.27. The number of nitrogens with zero attached hydrogens (tertiary/aromatic N) is 1. The minimum Gasteiger partial charge on any atom is -0.314 e. The molecule has 1 aliphatic heterocycles. The summed E-state index contributed by atoms with van der Waals surface area (Å²) in [6.07, 6.45) is 0. The van der Waals surface area contributed by atoms with Crippen molar-refractivity contribution in [2.24, 2.45) is 0 Å². The molecule has 1 aliphatic rings. The van der Waals surface area contributed by atoms with E-state index in [0.29, 0.717) is 0 Å². The molecule has 1 N–H and O–H groups in total. The van der Waals surface area contributed by atoms with E-state index in [2.05, 4.69) is 24.1 Å². The van der Waals surface area contributed by atoms with Gasteiger partial charge < -0.3 is 5.32 Å². The topological polar surface area (TPSA) is 15.3 Å². The minimum absolute atomic E-state index is 0.724. The van der Waals surface area contributed by atoms with Gasteiger partial charge in [-0.2, -0.15) is 0 Å². The zero-order chi connectivity index (χ0) is 8.97. The molecular weight excluding hydrogens is 172 g/mol. The van der Waals surface area contributed by atoms with Crippen molar-refractivity contribution in [2.45, 2.75) is 19.9 Å². The molecule has 3 heteroatoms. The standard InChI is InChI=1S/C9H17ClN2/c1-3-12(7-8(2)4-10)9-5-11-6-9/h4,9,11H,3,5-7H2,1-2H3. The second kappa shape index (κ2) is 4.85. The maximum atomic E-state index is 5.61. The molecule has 0 amide bonds. The fourth-order valence-electron chi connectivity index (χ4n) is 1.39. The van der Waals surface area contributed by atoms with Gasteiger partial charge in [0.15, 0.2) is 0 Å². The SMILES string of the molecule is CCN(CC(C)=CCl)C1CNC1. The molecule has 1 heterocycles. The van der Waals surface area contributed by atoms with Crippen molar-refractivity contribution in [3.8, 4) is 0 Å². The molecule has 0 saturated carbocycles. The summed E-state index contributed by atoms with van der Waals surface area (Å²) in [6, 6.07) is 0.724. The van der Waals surface area contributed by atoms with Gasteiger partial charge in [-0.25, -0.2) is 0 Å². The van der Waals surface area contributed by atoms with Crippen molar-refractivity contribution in [3.05, 3.63) is 11.1 Å². The van der Waals surface area contributed by atoms with Crippen molar-refractivity contribution in [1.29, 1.82) is 0 Å². The van der Waals surface area contributed by atoms with Gasteiger partial charge in [-0.3, -0.25) is 4.90 Å². The molecule has 0 unspecified atom stereocenters. The van der Waals surface area contributed by atoms with Crippen LogP contribution in [0.15, 0.2) is 11.1 Å². The Morgan fingerprint density at radius 2 is 2.33 bits per heavy atom. The highest BCUT2D eigenvalue weighted by molar-refractivity contribution is 6.25. The van der Waals surface area contributed by atoms with E-state index in [1.165, 1.54) is 5.57 Å². The Kier molecular flexibility index (Phi) is 4.06. The van der Waals surface area contributed by atoms with Crippen molar-refractivity contribution in [3.63, 3.8) is 0 Å². The predicted molar refractivity (Wildman–Crippen MR) is 53.5 cm³/mol. The van der Waals surface area contributed by atoms with Gasteiger partial charge in [-0.05, 0) is 19.0 Å². The van der Waals surface area contributed by atoms with Crippen LogP contribution >= 0.6 is 11.6 Å². The summed E-state index contributed by atoms with van der Waals surface area (Å²) in [6.45, 7) is 8.63. The lowest BCUT2D eigenvalue weighted by atomic mass is 10.1. The lowest BCUT2D eigenvalue weighted by Crippen LogP contribution is -2.57. The summed E-state index contributed by atoms with van der Waals surface area (Å²) in [4.78, 5) is 2.45. The first-order valence-electron chi connectivity index (χ1n) is 4.48. The third kappa shape index (κ3) is 2.47. The maximum absolute atomic E-state index is 5.61. The number of nitrogens with one attached hydrogen (secondary N) is 1. The van der Waals surface area contributed by atoms with Crippen molar-refractivity contribution >= 4 is 11.6 Å². The summed E-state index contributed by atoms with van der Waals surface area (Å²) < 4.78 is 0. The van der Waals surface area contributed by atoms with Gasteiger partial charge in [0.2, 0.25) is 0 Å². The van der Waals surface area contributed by atoms with Gasteiger partial charge in [-0.1, -0.05) is 18.5 Å². The Labute approximate surface area is 79.6 Å². The van der Waals surface area contributed by atoms with E-state index in [4.69, 9.17) is 11.6 Å². The number of likely N-dealkylation sites (N-methyl/N-ethyl adjacent to an activating group) is 1. The molecular formula is C9H17ClN2. The van der Waals surface area contributed by atoms with Crippen molar-refractivity contribution < 1.29 is 0 Å². The van der Waals surface area contributed by atoms with E-state index in [0.717, 1.165) is 32.2 Å². The predicted octanol–water partition coefficient (Wildman–Crippen LogP) is 1.42. The molecule has 0 atom stereocenters. The summed E-state index contributed by atoms with van der Waals surface area (Å²) in [5.74, 6) is 0. The number of rotatable bonds is 4. The molecule has 12 heavy (non-hydrogen) atoms. The molecule has 1 saturated heterocycles. The van der Waals surface area contributed by atoms with Crippen LogP contribution in [0.4, 0.5) is 0 Å². The fourth-order valence-corrected chi connectivity index (χ4v) is 1.45. The molecule has 2 nitrogen and oxygen atoms in total. The average molecular weight is 189 g/mol. The molecule has 0 aliphatic carbocycles. The van der Waals surface area contributed by atoms with E-state index in [9.17, 15) is 0 Å². The van der Waals surface area contributed by atoms with Crippen LogP contribution in [0.3, 0.4) is 0 Å². The van der Waals surface area contributed by atoms with Crippen molar-refractivity contribution in [2.75, 3.05) is 26.2 Å². The molecule has 1 rings (SSSR count). The van der Waals surface area contributed by atoms with E-state index in [-0.39, 0.29) is 0 Å². The smallest absolute Gasteiger partial charge is 0.0348 e. The normalized spacial score (nSPS) is 19.8. The first kappa shape index (κ1) is 10.0. The van der Waals surface area contributed by atoms with Crippen LogP contribution in [0.25, 0.3) is 0 Å². The maximum Gasteiger partial charge on any atom is 0.0348 e. The van der Waals surface area contributed by atoms with E-state index < -0.39 is 0 Å². The fraction of sp³-hybridized carbons (Fsp3) is 0.778. The van der Waals surface area contributed by atoms with Crippen LogP contribution in [-0.2, 0) is 0 Å². The summed E-state index contributed by atoms with van der Waals surface area (Å²) >= 11 is 5.61. The minimum atomic E-state index is 0.724. The third-order valence-electron chi connectivity index (χ3n) is 2.32. The Bertz CT molecular complexity index is 164. The van der Waals surface area contributed by atoms with Gasteiger partial charge in [0.1, 0.15) is 0 Å². The zero-order valence-corrected chi connectivity index (χ0v) is 8.56. The van der Waals surface area contributed by atoms with Crippen LogP contribution in [0.5, 0.6) is 0 Å². The molecule has 0 aromatic carbocycles. The van der Waals surface area contributed by atoms with E-state index in [1.54, 1.807) is 5.54 Å².